The van der Waals surface area contributed by atoms with E-state index in [-0.39, 0.29) is 29.1 Å². The quantitative estimate of drug-likeness (QED) is 0.244. The zero-order valence-electron chi connectivity index (χ0n) is 24.3. The van der Waals surface area contributed by atoms with Crippen molar-refractivity contribution in [2.45, 2.75) is 69.5 Å². The second kappa shape index (κ2) is 14.9. The minimum atomic E-state index is -4.21. The van der Waals surface area contributed by atoms with Crippen LogP contribution < -0.4 is 14.4 Å². The third-order valence-electron chi connectivity index (χ3n) is 7.48. The van der Waals surface area contributed by atoms with Gasteiger partial charge in [0.15, 0.2) is 0 Å². The number of nitrogens with one attached hydrogen (secondary N) is 1. The van der Waals surface area contributed by atoms with Crippen LogP contribution in [0.5, 0.6) is 5.75 Å². The largest absolute Gasteiger partial charge is 0.494 e. The molecule has 4 rings (SSSR count). The summed E-state index contributed by atoms with van der Waals surface area (Å²) in [5.74, 6) is -0.259. The molecule has 0 aromatic heterocycles. The van der Waals surface area contributed by atoms with Crippen LogP contribution in [-0.2, 0) is 26.2 Å². The van der Waals surface area contributed by atoms with E-state index in [1.54, 1.807) is 49.4 Å². The molecule has 1 aliphatic carbocycles. The van der Waals surface area contributed by atoms with Crippen LogP contribution in [-0.4, -0.2) is 50.4 Å². The number of nitrogens with zero attached hydrogens (tertiary/aromatic N) is 2. The highest BCUT2D eigenvalue weighted by Gasteiger charge is 2.33. The molecule has 0 spiro atoms. The van der Waals surface area contributed by atoms with Gasteiger partial charge in [-0.15, -0.1) is 0 Å². The topological polar surface area (TPSA) is 96.0 Å². The molecule has 0 heterocycles. The van der Waals surface area contributed by atoms with Crippen LogP contribution >= 0.6 is 23.2 Å². The molecule has 1 aliphatic rings. The van der Waals surface area contributed by atoms with E-state index in [2.05, 4.69) is 5.32 Å². The van der Waals surface area contributed by atoms with Gasteiger partial charge < -0.3 is 15.0 Å². The molecule has 1 atom stereocenters. The van der Waals surface area contributed by atoms with Gasteiger partial charge in [0.2, 0.25) is 11.8 Å². The molecule has 0 unspecified atom stereocenters. The van der Waals surface area contributed by atoms with Crippen molar-refractivity contribution < 1.29 is 22.7 Å². The Bertz CT molecular complexity index is 1490. The number of sulfonamides is 1. The fourth-order valence-corrected chi connectivity index (χ4v) is 6.87. The minimum Gasteiger partial charge on any atom is -0.494 e. The Morgan fingerprint density at radius 2 is 1.63 bits per heavy atom. The summed E-state index contributed by atoms with van der Waals surface area (Å²) in [7, 11) is -4.21. The maximum atomic E-state index is 14.1. The van der Waals surface area contributed by atoms with E-state index in [1.807, 2.05) is 13.0 Å². The first-order chi connectivity index (χ1) is 20.6. The van der Waals surface area contributed by atoms with Crippen molar-refractivity contribution >= 4 is 50.7 Å². The Morgan fingerprint density at radius 3 is 2.26 bits per heavy atom. The Hall–Kier alpha value is -3.27. The first kappa shape index (κ1) is 32.6. The third-order valence-corrected chi connectivity index (χ3v) is 9.75. The number of benzene rings is 3. The number of hydrogen-bond donors (Lipinski definition) is 1. The minimum absolute atomic E-state index is 0.0249. The molecule has 43 heavy (non-hydrogen) atoms. The normalized spacial score (nSPS) is 14.5. The van der Waals surface area contributed by atoms with Crippen molar-refractivity contribution in [3.05, 3.63) is 88.4 Å². The lowest BCUT2D eigenvalue weighted by Crippen LogP contribution is -2.53. The van der Waals surface area contributed by atoms with Gasteiger partial charge in [-0.05, 0) is 92.9 Å². The number of ether oxygens (including phenoxy) is 1. The standard InChI is InChI=1S/C32H37Cl2N3O5S/c1-3-42-29-16-14-28(15-17-29)37(43(40,41)30-18-12-25(33)13-19-30)22-31(38)36(21-24-8-7-9-26(34)20-24)23(2)32(39)35-27-10-5-4-6-11-27/h7-9,12-20,23,27H,3-6,10-11,21-22H2,1-2H3,(H,35,39)/t23-/m1/s1. The number of halogens is 2. The van der Waals surface area contributed by atoms with Crippen LogP contribution in [0.3, 0.4) is 0 Å². The highest BCUT2D eigenvalue weighted by molar-refractivity contribution is 7.92. The molecule has 3 aromatic carbocycles. The number of anilines is 1. The second-order valence-corrected chi connectivity index (χ2v) is 13.3. The Morgan fingerprint density at radius 1 is 0.953 bits per heavy atom. The fourth-order valence-electron chi connectivity index (χ4n) is 5.12. The van der Waals surface area contributed by atoms with E-state index in [0.29, 0.717) is 28.0 Å². The number of amides is 2. The predicted octanol–water partition coefficient (Wildman–Crippen LogP) is 6.45. The Labute approximate surface area is 264 Å². The fraction of sp³-hybridized carbons (Fsp3) is 0.375. The van der Waals surface area contributed by atoms with Crippen LogP contribution in [0.1, 0.15) is 51.5 Å². The molecular formula is C32H37Cl2N3O5S. The van der Waals surface area contributed by atoms with Crippen LogP contribution in [0.4, 0.5) is 5.69 Å². The highest BCUT2D eigenvalue weighted by atomic mass is 35.5. The molecule has 230 valence electrons. The van der Waals surface area contributed by atoms with Gasteiger partial charge >= 0.3 is 0 Å². The molecule has 1 fully saturated rings. The second-order valence-electron chi connectivity index (χ2n) is 10.6. The average Bonchev–Trinajstić information content (AvgIpc) is 2.99. The summed E-state index contributed by atoms with van der Waals surface area (Å²) in [6.07, 6.45) is 5.02. The lowest BCUT2D eigenvalue weighted by atomic mass is 9.95. The summed E-state index contributed by atoms with van der Waals surface area (Å²) in [5, 5.41) is 3.97. The summed E-state index contributed by atoms with van der Waals surface area (Å²) in [6, 6.07) is 18.5. The van der Waals surface area contributed by atoms with Gasteiger partial charge in [-0.1, -0.05) is 54.6 Å². The van der Waals surface area contributed by atoms with Crippen LogP contribution in [0.25, 0.3) is 0 Å². The van der Waals surface area contributed by atoms with Crippen molar-refractivity contribution in [2.75, 3.05) is 17.5 Å². The first-order valence-corrected chi connectivity index (χ1v) is 16.6. The molecule has 0 bridgehead atoms. The Balaban J connectivity index is 1.68. The lowest BCUT2D eigenvalue weighted by molar-refractivity contribution is -0.139. The van der Waals surface area contributed by atoms with Crippen LogP contribution in [0, 0.1) is 0 Å². The van der Waals surface area contributed by atoms with Gasteiger partial charge in [0.05, 0.1) is 17.2 Å². The molecule has 0 radical (unpaired) electrons. The van der Waals surface area contributed by atoms with E-state index in [0.717, 1.165) is 36.4 Å². The molecule has 2 amide bonds. The molecule has 11 heteroatoms. The van der Waals surface area contributed by atoms with Crippen LogP contribution in [0.15, 0.2) is 77.7 Å². The van der Waals surface area contributed by atoms with Gasteiger partial charge in [0.1, 0.15) is 18.3 Å². The molecule has 0 saturated heterocycles. The van der Waals surface area contributed by atoms with E-state index in [4.69, 9.17) is 27.9 Å². The number of rotatable bonds is 12. The van der Waals surface area contributed by atoms with Crippen molar-refractivity contribution in [1.82, 2.24) is 10.2 Å². The van der Waals surface area contributed by atoms with Crippen molar-refractivity contribution in [3.63, 3.8) is 0 Å². The number of carbonyl (C=O) groups excluding carboxylic acids is 2. The first-order valence-electron chi connectivity index (χ1n) is 14.4. The predicted molar refractivity (Wildman–Crippen MR) is 170 cm³/mol. The third kappa shape index (κ3) is 8.65. The monoisotopic (exact) mass is 645 g/mol. The smallest absolute Gasteiger partial charge is 0.264 e. The Kier molecular flexibility index (Phi) is 11.3. The van der Waals surface area contributed by atoms with Gasteiger partial charge in [0.25, 0.3) is 10.0 Å². The van der Waals surface area contributed by atoms with Gasteiger partial charge in [-0.2, -0.15) is 0 Å². The van der Waals surface area contributed by atoms with Gasteiger partial charge in [0, 0.05) is 22.6 Å². The van der Waals surface area contributed by atoms with Crippen LogP contribution in [0.2, 0.25) is 10.0 Å². The molecule has 0 aliphatic heterocycles. The zero-order chi connectivity index (χ0) is 31.0. The van der Waals surface area contributed by atoms with Crippen molar-refractivity contribution in [1.29, 1.82) is 0 Å². The van der Waals surface area contributed by atoms with Gasteiger partial charge in [-0.3, -0.25) is 13.9 Å². The summed E-state index contributed by atoms with van der Waals surface area (Å²) >= 11 is 12.3. The zero-order valence-corrected chi connectivity index (χ0v) is 26.7. The SMILES string of the molecule is CCOc1ccc(N(CC(=O)N(Cc2cccc(Cl)c2)[C@H](C)C(=O)NC2CCCCC2)S(=O)(=O)c2ccc(Cl)cc2)cc1. The van der Waals surface area contributed by atoms with E-state index < -0.39 is 28.5 Å². The van der Waals surface area contributed by atoms with Crippen molar-refractivity contribution in [3.8, 4) is 5.75 Å². The summed E-state index contributed by atoms with van der Waals surface area (Å²) < 4.78 is 34.5. The van der Waals surface area contributed by atoms with Crippen molar-refractivity contribution in [2.24, 2.45) is 0 Å². The van der Waals surface area contributed by atoms with E-state index >= 15 is 0 Å². The van der Waals surface area contributed by atoms with E-state index in [1.165, 1.54) is 29.2 Å². The molecule has 1 saturated carbocycles. The molecule has 3 aromatic rings. The summed E-state index contributed by atoms with van der Waals surface area (Å²) in [6.45, 7) is 3.49. The van der Waals surface area contributed by atoms with E-state index in [9.17, 15) is 18.0 Å². The highest BCUT2D eigenvalue weighted by Crippen LogP contribution is 2.28. The summed E-state index contributed by atoms with van der Waals surface area (Å²) in [5.41, 5.74) is 0.986. The number of carbonyl (C=O) groups is 2. The number of hydrogen-bond acceptors (Lipinski definition) is 5. The molecule has 8 nitrogen and oxygen atoms in total. The lowest BCUT2D eigenvalue weighted by Gasteiger charge is -2.33. The van der Waals surface area contributed by atoms with Gasteiger partial charge in [-0.25, -0.2) is 8.42 Å². The molecular weight excluding hydrogens is 609 g/mol. The maximum Gasteiger partial charge on any atom is 0.264 e. The average molecular weight is 647 g/mol. The molecule has 1 N–H and O–H groups in total. The summed E-state index contributed by atoms with van der Waals surface area (Å²) in [4.78, 5) is 28.9. The maximum absolute atomic E-state index is 14.1.